The van der Waals surface area contributed by atoms with Crippen LogP contribution in [-0.2, 0) is 30.2 Å². The number of esters is 3. The van der Waals surface area contributed by atoms with Crippen LogP contribution in [0.15, 0.2) is 86.1 Å². The maximum Gasteiger partial charge on any atom is 0.586 e. The Bertz CT molecular complexity index is 1970. The maximum absolute atomic E-state index is 14.5. The standard InChI is InChI=1S/C41H39F6NO9/c1-3-34(49)53-22-20-40(44,45)39(42,43)19-21-52-31-15-11-28(12-16-31)33-18-17-32(36-37(33)57-41(46,47)56-36)27-8-5-26(6-9-27)7-13-30-14-10-29(25-48-30)38(51)55-24-23-54-35(50)4-2/h3-4,8,10-12,14-18,25-26H,1-2,5-7,9,13,19-24H2. The highest BCUT2D eigenvalue weighted by atomic mass is 19.3. The minimum absolute atomic E-state index is 0.0744. The van der Waals surface area contributed by atoms with Crippen LogP contribution < -0.4 is 14.2 Å². The molecule has 57 heavy (non-hydrogen) atoms. The Morgan fingerprint density at radius 1 is 0.807 bits per heavy atom. The third kappa shape index (κ3) is 11.2. The van der Waals surface area contributed by atoms with Crippen molar-refractivity contribution in [2.24, 2.45) is 5.92 Å². The van der Waals surface area contributed by atoms with Crippen molar-refractivity contribution >= 4 is 23.5 Å². The molecule has 3 aromatic rings. The molecule has 0 amide bonds. The van der Waals surface area contributed by atoms with E-state index in [2.05, 4.69) is 22.9 Å². The number of hydrogen-bond donors (Lipinski definition) is 0. The number of carbonyl (C=O) groups excluding carboxylic acids is 3. The van der Waals surface area contributed by atoms with Gasteiger partial charge in [-0.25, -0.2) is 14.4 Å². The predicted octanol–water partition coefficient (Wildman–Crippen LogP) is 8.93. The largest absolute Gasteiger partial charge is 0.586 e. The molecule has 5 rings (SSSR count). The first kappa shape index (κ1) is 42.3. The molecular formula is C41H39F6NO9. The molecule has 0 radical (unpaired) electrons. The van der Waals surface area contributed by atoms with Crippen LogP contribution in [0, 0.1) is 5.92 Å². The summed E-state index contributed by atoms with van der Waals surface area (Å²) in [5.41, 5.74) is 3.01. The molecule has 0 saturated carbocycles. The van der Waals surface area contributed by atoms with Crippen molar-refractivity contribution in [3.63, 3.8) is 0 Å². The number of benzene rings is 2. The normalized spacial score (nSPS) is 15.9. The molecule has 0 N–H and O–H groups in total. The van der Waals surface area contributed by atoms with E-state index in [0.717, 1.165) is 36.3 Å². The molecule has 2 heterocycles. The summed E-state index contributed by atoms with van der Waals surface area (Å²) in [6.45, 7) is 4.50. The Balaban J connectivity index is 1.15. The van der Waals surface area contributed by atoms with Crippen LogP contribution >= 0.6 is 0 Å². The van der Waals surface area contributed by atoms with Crippen molar-refractivity contribution in [3.05, 3.63) is 103 Å². The molecule has 2 aliphatic rings. The summed E-state index contributed by atoms with van der Waals surface area (Å²) in [7, 11) is 0. The van der Waals surface area contributed by atoms with Gasteiger partial charge in [-0.3, -0.25) is 4.98 Å². The van der Waals surface area contributed by atoms with Crippen molar-refractivity contribution in [1.29, 1.82) is 0 Å². The summed E-state index contributed by atoms with van der Waals surface area (Å²) in [5.74, 6) is -11.1. The molecule has 304 valence electrons. The highest BCUT2D eigenvalue weighted by molar-refractivity contribution is 5.89. The van der Waals surface area contributed by atoms with Gasteiger partial charge in [0.1, 0.15) is 19.0 Å². The zero-order valence-electron chi connectivity index (χ0n) is 30.6. The Kier molecular flexibility index (Phi) is 13.7. The van der Waals surface area contributed by atoms with Crippen LogP contribution in [0.4, 0.5) is 26.3 Å². The number of pyridine rings is 1. The molecule has 0 spiro atoms. The number of fused-ring (bicyclic) bond motifs is 1. The van der Waals surface area contributed by atoms with E-state index in [-0.39, 0.29) is 41.6 Å². The number of rotatable bonds is 19. The molecule has 1 aliphatic heterocycles. The summed E-state index contributed by atoms with van der Waals surface area (Å²) in [6, 6.07) is 12.4. The second-order valence-electron chi connectivity index (χ2n) is 13.1. The van der Waals surface area contributed by atoms with Gasteiger partial charge in [0.15, 0.2) is 11.5 Å². The monoisotopic (exact) mass is 803 g/mol. The van der Waals surface area contributed by atoms with Gasteiger partial charge in [0.2, 0.25) is 0 Å². The highest BCUT2D eigenvalue weighted by Gasteiger charge is 2.55. The maximum atomic E-state index is 14.5. The lowest BCUT2D eigenvalue weighted by Crippen LogP contribution is -2.42. The van der Waals surface area contributed by atoms with E-state index >= 15 is 0 Å². The molecule has 1 aromatic heterocycles. The fourth-order valence-corrected chi connectivity index (χ4v) is 6.10. The van der Waals surface area contributed by atoms with E-state index in [0.29, 0.717) is 36.3 Å². The summed E-state index contributed by atoms with van der Waals surface area (Å²) in [4.78, 5) is 38.7. The van der Waals surface area contributed by atoms with Gasteiger partial charge in [-0.05, 0) is 79.5 Å². The third-order valence-electron chi connectivity index (χ3n) is 9.23. The Hall–Kier alpha value is -5.80. The molecule has 0 saturated heterocycles. The number of nitrogens with zero attached hydrogens (tertiary/aromatic N) is 1. The van der Waals surface area contributed by atoms with E-state index in [1.54, 1.807) is 24.3 Å². The van der Waals surface area contributed by atoms with Crippen LogP contribution in [0.2, 0.25) is 0 Å². The van der Waals surface area contributed by atoms with Crippen LogP contribution in [0.3, 0.4) is 0 Å². The number of aromatic nitrogens is 1. The average Bonchev–Trinajstić information content (AvgIpc) is 3.53. The van der Waals surface area contributed by atoms with Crippen molar-refractivity contribution < 1.29 is 69.1 Å². The summed E-state index contributed by atoms with van der Waals surface area (Å²) < 4.78 is 115. The minimum atomic E-state index is -4.46. The van der Waals surface area contributed by atoms with Crippen LogP contribution in [-0.4, -0.2) is 67.5 Å². The zero-order chi connectivity index (χ0) is 41.2. The minimum Gasteiger partial charge on any atom is -0.493 e. The molecule has 1 unspecified atom stereocenters. The zero-order valence-corrected chi connectivity index (χ0v) is 30.6. The van der Waals surface area contributed by atoms with E-state index in [9.17, 15) is 40.7 Å². The summed E-state index contributed by atoms with van der Waals surface area (Å²) >= 11 is 0. The molecule has 1 atom stereocenters. The number of ether oxygens (including phenoxy) is 6. The first-order valence-electron chi connectivity index (χ1n) is 17.9. The van der Waals surface area contributed by atoms with Gasteiger partial charge < -0.3 is 28.4 Å². The van der Waals surface area contributed by atoms with Crippen molar-refractivity contribution in [2.45, 2.75) is 63.1 Å². The number of alkyl halides is 6. The van der Waals surface area contributed by atoms with Crippen molar-refractivity contribution in [2.75, 3.05) is 26.4 Å². The second kappa shape index (κ2) is 18.4. The van der Waals surface area contributed by atoms with Gasteiger partial charge in [0, 0.05) is 35.2 Å². The van der Waals surface area contributed by atoms with E-state index < -0.39 is 62.1 Å². The Labute approximate surface area is 324 Å². The molecule has 0 bridgehead atoms. The lowest BCUT2D eigenvalue weighted by molar-refractivity contribution is -0.286. The van der Waals surface area contributed by atoms with Crippen LogP contribution in [0.25, 0.3) is 16.7 Å². The second-order valence-corrected chi connectivity index (χ2v) is 13.1. The van der Waals surface area contributed by atoms with E-state index in [1.165, 1.54) is 30.5 Å². The fourth-order valence-electron chi connectivity index (χ4n) is 6.10. The van der Waals surface area contributed by atoms with E-state index in [1.807, 2.05) is 6.08 Å². The van der Waals surface area contributed by atoms with Gasteiger partial charge in [0.25, 0.3) is 0 Å². The number of allylic oxidation sites excluding steroid dienone is 2. The Morgan fingerprint density at radius 2 is 1.42 bits per heavy atom. The topological polar surface area (TPSA) is 119 Å². The van der Waals surface area contributed by atoms with Crippen molar-refractivity contribution in [1.82, 2.24) is 4.98 Å². The lowest BCUT2D eigenvalue weighted by atomic mass is 9.83. The van der Waals surface area contributed by atoms with Gasteiger partial charge in [0.05, 0.1) is 31.6 Å². The fraction of sp³-hybridized carbons (Fsp3) is 0.366. The van der Waals surface area contributed by atoms with Gasteiger partial charge >= 0.3 is 36.0 Å². The summed E-state index contributed by atoms with van der Waals surface area (Å²) in [6.07, 6.45) is 2.01. The quantitative estimate of drug-likeness (QED) is 0.0382. The number of carbonyl (C=O) groups is 3. The molecule has 0 fully saturated rings. The molecule has 2 aromatic carbocycles. The molecule has 1 aliphatic carbocycles. The first-order valence-corrected chi connectivity index (χ1v) is 17.9. The average molecular weight is 804 g/mol. The highest BCUT2D eigenvalue weighted by Crippen LogP contribution is 2.52. The van der Waals surface area contributed by atoms with Gasteiger partial charge in [-0.2, -0.15) is 17.6 Å². The predicted molar refractivity (Wildman–Crippen MR) is 193 cm³/mol. The molecule has 10 nitrogen and oxygen atoms in total. The van der Waals surface area contributed by atoms with Crippen LogP contribution in [0.5, 0.6) is 17.2 Å². The Morgan fingerprint density at radius 3 is 2.04 bits per heavy atom. The van der Waals surface area contributed by atoms with Gasteiger partial charge in [-0.1, -0.05) is 37.4 Å². The molecule has 16 heteroatoms. The number of aryl methyl sites for hydroxylation is 1. The van der Waals surface area contributed by atoms with Crippen molar-refractivity contribution in [3.8, 4) is 28.4 Å². The first-order chi connectivity index (χ1) is 27.1. The number of halogens is 6. The summed E-state index contributed by atoms with van der Waals surface area (Å²) in [5, 5.41) is 0. The smallest absolute Gasteiger partial charge is 0.493 e. The number of hydrogen-bond acceptors (Lipinski definition) is 10. The van der Waals surface area contributed by atoms with Crippen LogP contribution in [0.1, 0.15) is 60.1 Å². The molecular weight excluding hydrogens is 764 g/mol. The third-order valence-corrected chi connectivity index (χ3v) is 9.23. The van der Waals surface area contributed by atoms with Gasteiger partial charge in [-0.15, -0.1) is 8.78 Å². The lowest BCUT2D eigenvalue weighted by Gasteiger charge is -2.26. The SMILES string of the molecule is C=CC(=O)OCCOC(=O)c1ccc(CCC2CC=C(c3ccc(-c4ccc(OCCC(F)(F)C(F)(F)CCOC(=O)C=C)cc4)c4c3OC(F)(F)O4)CC2)nc1. The van der Waals surface area contributed by atoms with E-state index in [4.69, 9.17) is 23.7 Å².